The predicted octanol–water partition coefficient (Wildman–Crippen LogP) is 2.88. The zero-order chi connectivity index (χ0) is 18.7. The molecule has 1 N–H and O–H groups in total. The van der Waals surface area contributed by atoms with Crippen molar-refractivity contribution in [3.63, 3.8) is 0 Å². The minimum absolute atomic E-state index is 0.0255. The van der Waals surface area contributed by atoms with E-state index in [4.69, 9.17) is 0 Å². The summed E-state index contributed by atoms with van der Waals surface area (Å²) < 4.78 is 0. The smallest absolute Gasteiger partial charge is 0.326 e. The third-order valence-electron chi connectivity index (χ3n) is 5.80. The highest BCUT2D eigenvalue weighted by Gasteiger charge is 2.48. The first kappa shape index (κ1) is 18.6. The molecule has 2 saturated heterocycles. The number of rotatable bonds is 4. The summed E-state index contributed by atoms with van der Waals surface area (Å²) in [6.07, 6.45) is 4.73. The minimum atomic E-state index is -0.874. The van der Waals surface area contributed by atoms with Crippen molar-refractivity contribution in [1.82, 2.24) is 9.80 Å². The van der Waals surface area contributed by atoms with Crippen LogP contribution in [0.15, 0.2) is 35.9 Å². The average Bonchev–Trinajstić information content (AvgIpc) is 2.98. The normalized spacial score (nSPS) is 23.4. The van der Waals surface area contributed by atoms with Crippen molar-refractivity contribution in [1.29, 1.82) is 0 Å². The van der Waals surface area contributed by atoms with Crippen molar-refractivity contribution in [2.24, 2.45) is 5.41 Å². The van der Waals surface area contributed by atoms with Gasteiger partial charge in [0.1, 0.15) is 6.04 Å². The Kier molecular flexibility index (Phi) is 5.47. The number of hydrogen-bond acceptors (Lipinski definition) is 3. The molecule has 2 aliphatic heterocycles. The molecule has 140 valence electrons. The zero-order valence-corrected chi connectivity index (χ0v) is 15.6. The summed E-state index contributed by atoms with van der Waals surface area (Å²) in [5, 5.41) is 9.45. The second-order valence-electron chi connectivity index (χ2n) is 7.88. The molecule has 0 unspecified atom stereocenters. The largest absolute Gasteiger partial charge is 0.480 e. The fourth-order valence-electron chi connectivity index (χ4n) is 4.39. The second kappa shape index (κ2) is 7.62. The lowest BCUT2D eigenvalue weighted by atomic mass is 9.76. The van der Waals surface area contributed by atoms with Crippen LogP contribution >= 0.6 is 0 Å². The van der Waals surface area contributed by atoms with Gasteiger partial charge in [-0.05, 0) is 50.3 Å². The first-order valence-electron chi connectivity index (χ1n) is 9.33. The summed E-state index contributed by atoms with van der Waals surface area (Å²) in [6.45, 7) is 7.07. The van der Waals surface area contributed by atoms with Gasteiger partial charge in [0.05, 0.1) is 0 Å². The van der Waals surface area contributed by atoms with Gasteiger partial charge in [0.15, 0.2) is 0 Å². The Morgan fingerprint density at radius 3 is 2.38 bits per heavy atom. The van der Waals surface area contributed by atoms with Crippen LogP contribution in [-0.2, 0) is 9.59 Å². The summed E-state index contributed by atoms with van der Waals surface area (Å²) in [7, 11) is 0. The molecule has 2 fully saturated rings. The van der Waals surface area contributed by atoms with E-state index in [1.807, 2.05) is 18.2 Å². The lowest BCUT2D eigenvalue weighted by Gasteiger charge is -2.39. The van der Waals surface area contributed by atoms with E-state index in [-0.39, 0.29) is 11.3 Å². The van der Waals surface area contributed by atoms with Crippen LogP contribution in [0.25, 0.3) is 6.08 Å². The van der Waals surface area contributed by atoms with Crippen molar-refractivity contribution in [3.05, 3.63) is 41.5 Å². The van der Waals surface area contributed by atoms with E-state index < -0.39 is 12.0 Å². The number of piperidine rings is 1. The van der Waals surface area contributed by atoms with Gasteiger partial charge in [-0.3, -0.25) is 9.69 Å². The number of carbonyl (C=O) groups excluding carboxylic acids is 1. The Balaban J connectivity index is 1.58. The quantitative estimate of drug-likeness (QED) is 0.901. The van der Waals surface area contributed by atoms with Crippen LogP contribution < -0.4 is 0 Å². The molecule has 1 atom stereocenters. The molecular formula is C21H28N2O3. The zero-order valence-electron chi connectivity index (χ0n) is 15.6. The number of amides is 1. The minimum Gasteiger partial charge on any atom is -0.480 e. The highest BCUT2D eigenvalue weighted by molar-refractivity contribution is 5.83. The molecule has 0 saturated carbocycles. The Morgan fingerprint density at radius 2 is 1.85 bits per heavy atom. The number of carbonyl (C=O) groups is 2. The monoisotopic (exact) mass is 356 g/mol. The maximum absolute atomic E-state index is 11.8. The molecule has 5 nitrogen and oxygen atoms in total. The number of nitrogens with zero attached hydrogens (tertiary/aromatic N) is 2. The molecule has 1 aromatic carbocycles. The Labute approximate surface area is 155 Å². The standard InChI is InChI=1S/C21H28N2O3/c1-16(12-18-6-4-3-5-7-18)14-22-10-8-21(9-11-22)13-19(20(25)26)23(15-21)17(2)24/h3-7,12,19H,8-11,13-15H2,1-2H3,(H,25,26)/b16-12+/t19-/m1/s1. The van der Waals surface area contributed by atoms with Crippen LogP contribution in [0.4, 0.5) is 0 Å². The molecule has 2 aliphatic rings. The van der Waals surface area contributed by atoms with Crippen LogP contribution in [-0.4, -0.2) is 59.0 Å². The van der Waals surface area contributed by atoms with E-state index in [1.54, 1.807) is 4.90 Å². The predicted molar refractivity (Wildman–Crippen MR) is 102 cm³/mol. The van der Waals surface area contributed by atoms with Gasteiger partial charge in [0.2, 0.25) is 5.91 Å². The number of aliphatic carboxylic acids is 1. The summed E-state index contributed by atoms with van der Waals surface area (Å²) in [6, 6.07) is 9.67. The van der Waals surface area contributed by atoms with Crippen LogP contribution in [0.1, 0.15) is 38.7 Å². The second-order valence-corrected chi connectivity index (χ2v) is 7.88. The molecule has 1 spiro atoms. The van der Waals surface area contributed by atoms with Gasteiger partial charge < -0.3 is 10.0 Å². The van der Waals surface area contributed by atoms with Crippen LogP contribution in [0.5, 0.6) is 0 Å². The summed E-state index contributed by atoms with van der Waals surface area (Å²) in [4.78, 5) is 27.3. The van der Waals surface area contributed by atoms with E-state index in [2.05, 4.69) is 30.0 Å². The maximum Gasteiger partial charge on any atom is 0.326 e. The summed E-state index contributed by atoms with van der Waals surface area (Å²) in [5.41, 5.74) is 2.52. The van der Waals surface area contributed by atoms with E-state index in [0.29, 0.717) is 13.0 Å². The molecular weight excluding hydrogens is 328 g/mol. The highest BCUT2D eigenvalue weighted by Crippen LogP contribution is 2.43. The van der Waals surface area contributed by atoms with E-state index >= 15 is 0 Å². The maximum atomic E-state index is 11.8. The highest BCUT2D eigenvalue weighted by atomic mass is 16.4. The van der Waals surface area contributed by atoms with Gasteiger partial charge >= 0.3 is 5.97 Å². The fourth-order valence-corrected chi connectivity index (χ4v) is 4.39. The lowest BCUT2D eigenvalue weighted by Crippen LogP contribution is -2.42. The van der Waals surface area contributed by atoms with Crippen molar-refractivity contribution in [2.45, 2.75) is 39.2 Å². The molecule has 2 heterocycles. The third-order valence-corrected chi connectivity index (χ3v) is 5.80. The topological polar surface area (TPSA) is 60.9 Å². The number of carboxylic acids is 1. The molecule has 1 aromatic rings. The van der Waals surface area contributed by atoms with E-state index in [0.717, 1.165) is 32.5 Å². The van der Waals surface area contributed by atoms with E-state index in [1.165, 1.54) is 18.1 Å². The molecule has 0 bridgehead atoms. The van der Waals surface area contributed by atoms with Crippen molar-refractivity contribution >= 4 is 18.0 Å². The van der Waals surface area contributed by atoms with Crippen molar-refractivity contribution < 1.29 is 14.7 Å². The van der Waals surface area contributed by atoms with Gasteiger partial charge in [-0.25, -0.2) is 4.79 Å². The number of benzene rings is 1. The first-order chi connectivity index (χ1) is 12.4. The van der Waals surface area contributed by atoms with Gasteiger partial charge in [-0.1, -0.05) is 42.0 Å². The van der Waals surface area contributed by atoms with Gasteiger partial charge in [0.25, 0.3) is 0 Å². The van der Waals surface area contributed by atoms with Crippen LogP contribution in [0.3, 0.4) is 0 Å². The lowest BCUT2D eigenvalue weighted by molar-refractivity contribution is -0.147. The summed E-state index contributed by atoms with van der Waals surface area (Å²) >= 11 is 0. The first-order valence-corrected chi connectivity index (χ1v) is 9.33. The molecule has 5 heteroatoms. The number of hydrogen-bond donors (Lipinski definition) is 1. The molecule has 1 amide bonds. The summed E-state index contributed by atoms with van der Waals surface area (Å²) in [5.74, 6) is -1.00. The molecule has 0 radical (unpaired) electrons. The fraction of sp³-hybridized carbons (Fsp3) is 0.524. The van der Waals surface area contributed by atoms with Crippen LogP contribution in [0.2, 0.25) is 0 Å². The Hall–Kier alpha value is -2.14. The van der Waals surface area contributed by atoms with E-state index in [9.17, 15) is 14.7 Å². The molecule has 0 aliphatic carbocycles. The van der Waals surface area contributed by atoms with Crippen LogP contribution in [0, 0.1) is 5.41 Å². The number of carboxylic acid groups (broad SMARTS) is 1. The average molecular weight is 356 g/mol. The van der Waals surface area contributed by atoms with Crippen molar-refractivity contribution in [2.75, 3.05) is 26.2 Å². The number of likely N-dealkylation sites (tertiary alicyclic amines) is 2. The molecule has 3 rings (SSSR count). The van der Waals surface area contributed by atoms with Gasteiger partial charge in [-0.15, -0.1) is 0 Å². The van der Waals surface area contributed by atoms with Gasteiger partial charge in [0, 0.05) is 20.0 Å². The molecule has 26 heavy (non-hydrogen) atoms. The third kappa shape index (κ3) is 4.15. The van der Waals surface area contributed by atoms with Gasteiger partial charge in [-0.2, -0.15) is 0 Å². The molecule has 0 aromatic heterocycles. The Bertz CT molecular complexity index is 666. The van der Waals surface area contributed by atoms with Crippen molar-refractivity contribution in [3.8, 4) is 0 Å². The Morgan fingerprint density at radius 1 is 1.19 bits per heavy atom. The SMILES string of the molecule is CC(=O)N1CC2(CCN(C/C(C)=C/c3ccccc3)CC2)C[C@@H]1C(=O)O.